The molecule has 0 aliphatic carbocycles. The van der Waals surface area contributed by atoms with Crippen LogP contribution in [0.25, 0.3) is 4.96 Å². The van der Waals surface area contributed by atoms with Gasteiger partial charge in [0.25, 0.3) is 5.56 Å². The van der Waals surface area contributed by atoms with Crippen molar-refractivity contribution < 1.29 is 0 Å². The highest BCUT2D eigenvalue weighted by Gasteiger charge is 2.04. The lowest BCUT2D eigenvalue weighted by Crippen LogP contribution is -2.14. The lowest BCUT2D eigenvalue weighted by atomic mass is 10.1. The molecule has 1 N–H and O–H groups in total. The van der Waals surface area contributed by atoms with Gasteiger partial charge >= 0.3 is 0 Å². The van der Waals surface area contributed by atoms with Gasteiger partial charge in [-0.25, -0.2) is 4.98 Å². The molecule has 0 atom stereocenters. The van der Waals surface area contributed by atoms with Gasteiger partial charge in [0.15, 0.2) is 4.96 Å². The van der Waals surface area contributed by atoms with Crippen LogP contribution in [-0.4, -0.2) is 9.38 Å². The number of hydrogen-bond donors (Lipinski definition) is 1. The summed E-state index contributed by atoms with van der Waals surface area (Å²) >= 11 is 1.47. The molecule has 0 aliphatic rings. The number of anilines is 1. The van der Waals surface area contributed by atoms with Crippen LogP contribution in [0.1, 0.15) is 16.8 Å². The first-order valence-electron chi connectivity index (χ1n) is 6.41. The first-order chi connectivity index (χ1) is 9.65. The fourth-order valence-corrected chi connectivity index (χ4v) is 2.85. The highest BCUT2D eigenvalue weighted by Crippen LogP contribution is 2.18. The highest BCUT2D eigenvalue weighted by atomic mass is 32.1. The van der Waals surface area contributed by atoms with E-state index >= 15 is 0 Å². The lowest BCUT2D eigenvalue weighted by Gasteiger charge is -2.11. The van der Waals surface area contributed by atoms with Gasteiger partial charge in [0, 0.05) is 23.3 Å². The Balaban J connectivity index is 1.86. The van der Waals surface area contributed by atoms with Crippen molar-refractivity contribution >= 4 is 22.0 Å². The predicted octanol–water partition coefficient (Wildman–Crippen LogP) is 2.98. The zero-order valence-electron chi connectivity index (χ0n) is 11.4. The molecular formula is C15H15N3OS. The Morgan fingerprint density at radius 1 is 1.35 bits per heavy atom. The Hall–Kier alpha value is -2.14. The van der Waals surface area contributed by atoms with Crippen molar-refractivity contribution in [3.05, 3.63) is 63.0 Å². The molecule has 0 unspecified atom stereocenters. The van der Waals surface area contributed by atoms with Gasteiger partial charge in [0.05, 0.1) is 12.2 Å². The van der Waals surface area contributed by atoms with Crippen LogP contribution in [0.4, 0.5) is 5.69 Å². The summed E-state index contributed by atoms with van der Waals surface area (Å²) in [4.78, 5) is 17.1. The lowest BCUT2D eigenvalue weighted by molar-refractivity contribution is 0.988. The predicted molar refractivity (Wildman–Crippen MR) is 82.6 cm³/mol. The van der Waals surface area contributed by atoms with Crippen molar-refractivity contribution in [2.45, 2.75) is 20.4 Å². The van der Waals surface area contributed by atoms with E-state index in [-0.39, 0.29) is 5.56 Å². The first kappa shape index (κ1) is 12.9. The van der Waals surface area contributed by atoms with Gasteiger partial charge in [-0.05, 0) is 31.0 Å². The second kappa shape index (κ2) is 5.09. The molecule has 0 saturated carbocycles. The van der Waals surface area contributed by atoms with Crippen molar-refractivity contribution in [1.82, 2.24) is 9.38 Å². The minimum absolute atomic E-state index is 0.0333. The van der Waals surface area contributed by atoms with Crippen LogP contribution in [0.5, 0.6) is 0 Å². The van der Waals surface area contributed by atoms with E-state index in [4.69, 9.17) is 0 Å². The molecule has 4 nitrogen and oxygen atoms in total. The Labute approximate surface area is 120 Å². The van der Waals surface area contributed by atoms with Crippen LogP contribution in [-0.2, 0) is 6.54 Å². The molecule has 102 valence electrons. The third kappa shape index (κ3) is 2.32. The molecule has 2 aromatic heterocycles. The number of aryl methyl sites for hydroxylation is 1. The van der Waals surface area contributed by atoms with Gasteiger partial charge in [-0.1, -0.05) is 12.1 Å². The van der Waals surface area contributed by atoms with Gasteiger partial charge in [0.2, 0.25) is 0 Å². The number of hydrogen-bond acceptors (Lipinski definition) is 4. The molecule has 0 saturated heterocycles. The summed E-state index contributed by atoms with van der Waals surface area (Å²) in [5.74, 6) is 0. The van der Waals surface area contributed by atoms with Crippen LogP contribution < -0.4 is 10.9 Å². The summed E-state index contributed by atoms with van der Waals surface area (Å²) in [6, 6.07) is 7.73. The summed E-state index contributed by atoms with van der Waals surface area (Å²) in [6.07, 6.45) is 1.75. The number of thiazole rings is 1. The Morgan fingerprint density at radius 3 is 3.05 bits per heavy atom. The van der Waals surface area contributed by atoms with Gasteiger partial charge in [-0.3, -0.25) is 9.20 Å². The van der Waals surface area contributed by atoms with Gasteiger partial charge in [0.1, 0.15) is 0 Å². The standard InChI is InChI=1S/C15H15N3OS/c1-10-4-3-5-13(11(10)2)16-9-12-8-14(19)18-6-7-20-15(18)17-12/h3-8,16H,9H2,1-2H3. The molecule has 0 spiro atoms. The van der Waals surface area contributed by atoms with E-state index in [1.165, 1.54) is 22.5 Å². The normalized spacial score (nSPS) is 10.9. The maximum Gasteiger partial charge on any atom is 0.258 e. The quantitative estimate of drug-likeness (QED) is 0.804. The van der Waals surface area contributed by atoms with E-state index in [1.807, 2.05) is 17.5 Å². The molecule has 0 aliphatic heterocycles. The number of benzene rings is 1. The second-order valence-corrected chi connectivity index (χ2v) is 5.62. The molecule has 0 bridgehead atoms. The SMILES string of the molecule is Cc1cccc(NCc2cc(=O)n3ccsc3n2)c1C. The molecule has 1 aromatic carbocycles. The number of aromatic nitrogens is 2. The largest absolute Gasteiger partial charge is 0.379 e. The average Bonchev–Trinajstić information content (AvgIpc) is 2.89. The van der Waals surface area contributed by atoms with Gasteiger partial charge in [-0.15, -0.1) is 11.3 Å². The van der Waals surface area contributed by atoms with Crippen molar-refractivity contribution in [3.8, 4) is 0 Å². The van der Waals surface area contributed by atoms with Gasteiger partial charge in [-0.2, -0.15) is 0 Å². The van der Waals surface area contributed by atoms with Crippen molar-refractivity contribution in [1.29, 1.82) is 0 Å². The van der Waals surface area contributed by atoms with Crippen LogP contribution in [0, 0.1) is 13.8 Å². The fraction of sp³-hybridized carbons (Fsp3) is 0.200. The van der Waals surface area contributed by atoms with Crippen molar-refractivity contribution in [3.63, 3.8) is 0 Å². The van der Waals surface area contributed by atoms with E-state index in [0.717, 1.165) is 16.3 Å². The zero-order valence-corrected chi connectivity index (χ0v) is 12.2. The number of fused-ring (bicyclic) bond motifs is 1. The van der Waals surface area contributed by atoms with Crippen LogP contribution in [0.15, 0.2) is 40.6 Å². The maximum absolute atomic E-state index is 11.9. The van der Waals surface area contributed by atoms with Crippen LogP contribution >= 0.6 is 11.3 Å². The molecular weight excluding hydrogens is 270 g/mol. The van der Waals surface area contributed by atoms with Crippen molar-refractivity contribution in [2.24, 2.45) is 0 Å². The summed E-state index contributed by atoms with van der Waals surface area (Å²) in [5.41, 5.74) is 4.28. The molecule has 0 fully saturated rings. The van der Waals surface area contributed by atoms with E-state index in [2.05, 4.69) is 30.2 Å². The maximum atomic E-state index is 11.9. The third-order valence-corrected chi connectivity index (χ3v) is 4.18. The third-order valence-electron chi connectivity index (χ3n) is 3.42. The molecule has 3 aromatic rings. The molecule has 0 amide bonds. The molecule has 20 heavy (non-hydrogen) atoms. The number of nitrogens with zero attached hydrogens (tertiary/aromatic N) is 2. The Kier molecular flexibility index (Phi) is 3.28. The molecule has 3 rings (SSSR count). The summed E-state index contributed by atoms with van der Waals surface area (Å²) in [5, 5.41) is 5.21. The average molecular weight is 285 g/mol. The fourth-order valence-electron chi connectivity index (χ4n) is 2.11. The van der Waals surface area contributed by atoms with E-state index in [9.17, 15) is 4.79 Å². The van der Waals surface area contributed by atoms with E-state index in [0.29, 0.717) is 6.54 Å². The Bertz CT molecular complexity index is 819. The molecule has 2 heterocycles. The highest BCUT2D eigenvalue weighted by molar-refractivity contribution is 7.15. The number of rotatable bonds is 3. The van der Waals surface area contributed by atoms with E-state index < -0.39 is 0 Å². The minimum atomic E-state index is -0.0333. The summed E-state index contributed by atoms with van der Waals surface area (Å²) < 4.78 is 1.56. The van der Waals surface area contributed by atoms with Gasteiger partial charge < -0.3 is 5.32 Å². The van der Waals surface area contributed by atoms with E-state index in [1.54, 1.807) is 16.7 Å². The Morgan fingerprint density at radius 2 is 2.20 bits per heavy atom. The monoisotopic (exact) mass is 285 g/mol. The van der Waals surface area contributed by atoms with Crippen molar-refractivity contribution in [2.75, 3.05) is 5.32 Å². The number of nitrogens with one attached hydrogen (secondary N) is 1. The topological polar surface area (TPSA) is 46.4 Å². The summed E-state index contributed by atoms with van der Waals surface area (Å²) in [6.45, 7) is 4.72. The molecule has 0 radical (unpaired) electrons. The molecule has 5 heteroatoms. The van der Waals surface area contributed by atoms with Crippen LogP contribution in [0.3, 0.4) is 0 Å². The summed E-state index contributed by atoms with van der Waals surface area (Å²) in [7, 11) is 0. The zero-order chi connectivity index (χ0) is 14.1. The minimum Gasteiger partial charge on any atom is -0.379 e. The smallest absolute Gasteiger partial charge is 0.258 e. The second-order valence-electron chi connectivity index (χ2n) is 4.74. The first-order valence-corrected chi connectivity index (χ1v) is 7.29. The van der Waals surface area contributed by atoms with Crippen LogP contribution in [0.2, 0.25) is 0 Å².